The van der Waals surface area contributed by atoms with Gasteiger partial charge in [-0.2, -0.15) is 4.98 Å². The smallest absolute Gasteiger partial charge is 0.253 e. The topological polar surface area (TPSA) is 80.0 Å². The Balaban J connectivity index is 1.98. The number of rotatable bonds is 7. The van der Waals surface area contributed by atoms with Crippen LogP contribution in [-0.2, 0) is 6.42 Å². The van der Waals surface area contributed by atoms with Crippen molar-refractivity contribution in [3.05, 3.63) is 41.0 Å². The number of aromatic nitrogens is 2. The molecule has 112 valence electrons. The van der Waals surface area contributed by atoms with E-state index in [0.29, 0.717) is 29.4 Å². The Labute approximate surface area is 127 Å². The molecule has 0 unspecified atom stereocenters. The third kappa shape index (κ3) is 4.46. The number of carbonyl (C=O) groups excluding carboxylic acids is 1. The van der Waals surface area contributed by atoms with Crippen molar-refractivity contribution in [2.24, 2.45) is 0 Å². The Morgan fingerprint density at radius 2 is 2.24 bits per heavy atom. The number of carbonyl (C=O) groups is 1. The van der Waals surface area contributed by atoms with Crippen LogP contribution in [0.2, 0.25) is 5.02 Å². The second kappa shape index (κ2) is 7.64. The lowest BCUT2D eigenvalue weighted by Gasteiger charge is -2.12. The molecule has 0 atom stereocenters. The maximum absolute atomic E-state index is 12.2. The van der Waals surface area contributed by atoms with Gasteiger partial charge in [0.2, 0.25) is 6.39 Å². The zero-order chi connectivity index (χ0) is 15.1. The molecule has 2 N–H and O–H groups in total. The van der Waals surface area contributed by atoms with Crippen molar-refractivity contribution in [1.29, 1.82) is 0 Å². The average Bonchev–Trinajstić information content (AvgIpc) is 2.99. The van der Waals surface area contributed by atoms with E-state index in [-0.39, 0.29) is 5.91 Å². The largest absolute Gasteiger partial charge is 0.384 e. The molecule has 0 radical (unpaired) electrons. The first kappa shape index (κ1) is 15.3. The molecule has 0 aliphatic carbocycles. The van der Waals surface area contributed by atoms with Crippen LogP contribution in [0.4, 0.5) is 5.69 Å². The lowest BCUT2D eigenvalue weighted by atomic mass is 10.1. The molecule has 0 saturated carbocycles. The highest BCUT2D eigenvalue weighted by molar-refractivity contribution is 6.31. The lowest BCUT2D eigenvalue weighted by molar-refractivity contribution is 0.0954. The van der Waals surface area contributed by atoms with Gasteiger partial charge in [0.05, 0.1) is 5.56 Å². The number of nitrogens with one attached hydrogen (secondary N) is 2. The predicted octanol–water partition coefficient (Wildman–Crippen LogP) is 2.52. The summed E-state index contributed by atoms with van der Waals surface area (Å²) in [6.45, 7) is 3.29. The van der Waals surface area contributed by atoms with Crippen molar-refractivity contribution >= 4 is 23.2 Å². The Bertz CT molecular complexity index is 587. The first-order valence-electron chi connectivity index (χ1n) is 6.77. The van der Waals surface area contributed by atoms with Gasteiger partial charge in [-0.3, -0.25) is 4.79 Å². The minimum atomic E-state index is -0.181. The number of benzene rings is 1. The third-order valence-corrected chi connectivity index (χ3v) is 3.07. The molecule has 1 aromatic carbocycles. The molecule has 0 spiro atoms. The molecular weight excluding hydrogens is 292 g/mol. The molecule has 0 aliphatic heterocycles. The Kier molecular flexibility index (Phi) is 5.57. The molecule has 0 saturated heterocycles. The highest BCUT2D eigenvalue weighted by Crippen LogP contribution is 2.20. The zero-order valence-corrected chi connectivity index (χ0v) is 12.5. The molecular formula is C14H17ClN4O2. The van der Waals surface area contributed by atoms with Gasteiger partial charge in [0.1, 0.15) is 0 Å². The number of hydrogen-bond donors (Lipinski definition) is 2. The molecule has 1 amide bonds. The van der Waals surface area contributed by atoms with Crippen molar-refractivity contribution in [2.75, 3.05) is 18.4 Å². The van der Waals surface area contributed by atoms with E-state index in [2.05, 4.69) is 32.2 Å². The van der Waals surface area contributed by atoms with Gasteiger partial charge in [0, 0.05) is 30.2 Å². The Morgan fingerprint density at radius 1 is 1.38 bits per heavy atom. The first-order chi connectivity index (χ1) is 10.2. The van der Waals surface area contributed by atoms with E-state index in [9.17, 15) is 4.79 Å². The van der Waals surface area contributed by atoms with Gasteiger partial charge < -0.3 is 15.2 Å². The minimum Gasteiger partial charge on any atom is -0.384 e. The fraction of sp³-hybridized carbons (Fsp3) is 0.357. The van der Waals surface area contributed by atoms with Crippen LogP contribution in [0.15, 0.2) is 29.1 Å². The molecule has 1 aromatic heterocycles. The minimum absolute atomic E-state index is 0.181. The fourth-order valence-corrected chi connectivity index (χ4v) is 1.98. The van der Waals surface area contributed by atoms with Crippen LogP contribution in [0.3, 0.4) is 0 Å². The van der Waals surface area contributed by atoms with Gasteiger partial charge in [0.15, 0.2) is 5.82 Å². The summed E-state index contributed by atoms with van der Waals surface area (Å²) in [5, 5.41) is 10.3. The van der Waals surface area contributed by atoms with Gasteiger partial charge >= 0.3 is 0 Å². The summed E-state index contributed by atoms with van der Waals surface area (Å²) in [7, 11) is 0. The van der Waals surface area contributed by atoms with Crippen LogP contribution in [0.25, 0.3) is 0 Å². The molecule has 7 heteroatoms. The maximum Gasteiger partial charge on any atom is 0.253 e. The van der Waals surface area contributed by atoms with Gasteiger partial charge in [-0.25, -0.2) is 0 Å². The average molecular weight is 309 g/mol. The Hall–Kier alpha value is -2.08. The van der Waals surface area contributed by atoms with E-state index >= 15 is 0 Å². The zero-order valence-electron chi connectivity index (χ0n) is 11.7. The summed E-state index contributed by atoms with van der Waals surface area (Å²) in [6.07, 6.45) is 2.75. The quantitative estimate of drug-likeness (QED) is 0.821. The summed E-state index contributed by atoms with van der Waals surface area (Å²) in [4.78, 5) is 16.1. The molecule has 6 nitrogen and oxygen atoms in total. The van der Waals surface area contributed by atoms with Crippen LogP contribution >= 0.6 is 11.6 Å². The normalized spacial score (nSPS) is 10.4. The van der Waals surface area contributed by atoms with E-state index in [0.717, 1.165) is 18.7 Å². The highest BCUT2D eigenvalue weighted by Gasteiger charge is 2.12. The van der Waals surface area contributed by atoms with Crippen molar-refractivity contribution in [2.45, 2.75) is 19.8 Å². The van der Waals surface area contributed by atoms with Crippen LogP contribution < -0.4 is 10.6 Å². The van der Waals surface area contributed by atoms with E-state index in [1.807, 2.05) is 6.07 Å². The van der Waals surface area contributed by atoms with E-state index < -0.39 is 0 Å². The SMILES string of the molecule is CCCNc1ccc(Cl)cc1C(=O)NCCc1ncon1. The van der Waals surface area contributed by atoms with Gasteiger partial charge in [-0.1, -0.05) is 23.7 Å². The molecule has 0 bridgehead atoms. The monoisotopic (exact) mass is 308 g/mol. The number of amides is 1. The predicted molar refractivity (Wildman–Crippen MR) is 80.6 cm³/mol. The van der Waals surface area contributed by atoms with Crippen LogP contribution in [-0.4, -0.2) is 29.1 Å². The van der Waals surface area contributed by atoms with E-state index in [4.69, 9.17) is 11.6 Å². The van der Waals surface area contributed by atoms with Gasteiger partial charge in [0.25, 0.3) is 5.91 Å². The second-order valence-corrected chi connectivity index (χ2v) is 4.91. The number of halogens is 1. The van der Waals surface area contributed by atoms with Crippen molar-refractivity contribution in [3.63, 3.8) is 0 Å². The van der Waals surface area contributed by atoms with Crippen molar-refractivity contribution < 1.29 is 9.32 Å². The molecule has 21 heavy (non-hydrogen) atoms. The number of anilines is 1. The van der Waals surface area contributed by atoms with Gasteiger partial charge in [-0.05, 0) is 24.6 Å². The van der Waals surface area contributed by atoms with E-state index in [1.165, 1.54) is 6.39 Å². The lowest BCUT2D eigenvalue weighted by Crippen LogP contribution is -2.27. The van der Waals surface area contributed by atoms with Crippen molar-refractivity contribution in [3.8, 4) is 0 Å². The highest BCUT2D eigenvalue weighted by atomic mass is 35.5. The molecule has 2 aromatic rings. The fourth-order valence-electron chi connectivity index (χ4n) is 1.80. The van der Waals surface area contributed by atoms with Crippen LogP contribution in [0.1, 0.15) is 29.5 Å². The molecule has 2 rings (SSSR count). The number of hydrogen-bond acceptors (Lipinski definition) is 5. The first-order valence-corrected chi connectivity index (χ1v) is 7.15. The second-order valence-electron chi connectivity index (χ2n) is 4.47. The Morgan fingerprint density at radius 3 is 2.95 bits per heavy atom. The summed E-state index contributed by atoms with van der Waals surface area (Å²) in [5.41, 5.74) is 1.31. The van der Waals surface area contributed by atoms with Gasteiger partial charge in [-0.15, -0.1) is 0 Å². The summed E-state index contributed by atoms with van der Waals surface area (Å²) < 4.78 is 4.63. The molecule has 1 heterocycles. The summed E-state index contributed by atoms with van der Waals surface area (Å²) in [5.74, 6) is 0.380. The van der Waals surface area contributed by atoms with Crippen molar-refractivity contribution in [1.82, 2.24) is 15.5 Å². The number of nitrogens with zero attached hydrogens (tertiary/aromatic N) is 2. The summed E-state index contributed by atoms with van der Waals surface area (Å²) in [6, 6.07) is 5.23. The van der Waals surface area contributed by atoms with Crippen LogP contribution in [0.5, 0.6) is 0 Å². The summed E-state index contributed by atoms with van der Waals surface area (Å²) >= 11 is 5.97. The standard InChI is InChI=1S/C14H17ClN4O2/c1-2-6-16-12-4-3-10(15)8-11(12)14(20)17-7-5-13-18-9-21-19-13/h3-4,8-9,16H,2,5-7H2,1H3,(H,17,20). The third-order valence-electron chi connectivity index (χ3n) is 2.83. The molecule has 0 fully saturated rings. The molecule has 0 aliphatic rings. The maximum atomic E-state index is 12.2. The van der Waals surface area contributed by atoms with Crippen LogP contribution in [0, 0.1) is 0 Å². The van der Waals surface area contributed by atoms with E-state index in [1.54, 1.807) is 12.1 Å².